The number of alkyl halides is 2. The van der Waals surface area contributed by atoms with Crippen LogP contribution in [0.3, 0.4) is 0 Å². The van der Waals surface area contributed by atoms with Gasteiger partial charge >= 0.3 is 6.61 Å². The Kier molecular flexibility index (Phi) is 5.12. The number of benzene rings is 1. The van der Waals surface area contributed by atoms with Gasteiger partial charge in [0.25, 0.3) is 0 Å². The van der Waals surface area contributed by atoms with Gasteiger partial charge in [-0.25, -0.2) is 0 Å². The van der Waals surface area contributed by atoms with Crippen molar-refractivity contribution in [2.75, 3.05) is 19.6 Å². The van der Waals surface area contributed by atoms with E-state index in [9.17, 15) is 8.78 Å². The van der Waals surface area contributed by atoms with Gasteiger partial charge in [-0.1, -0.05) is 12.1 Å². The van der Waals surface area contributed by atoms with E-state index in [1.807, 2.05) is 6.07 Å². The van der Waals surface area contributed by atoms with Gasteiger partial charge in [-0.2, -0.15) is 8.78 Å². The second-order valence-electron chi connectivity index (χ2n) is 6.88. The number of piperidine rings is 1. The second kappa shape index (κ2) is 7.67. The van der Waals surface area contributed by atoms with Crippen LogP contribution >= 0.6 is 0 Å². The predicted molar refractivity (Wildman–Crippen MR) is 92.1 cm³/mol. The lowest BCUT2D eigenvalue weighted by atomic mass is 9.95. The third-order valence-electron chi connectivity index (χ3n) is 5.13. The lowest BCUT2D eigenvalue weighted by molar-refractivity contribution is -0.0499. The van der Waals surface area contributed by atoms with Crippen LogP contribution in [0.5, 0.6) is 5.75 Å². The zero-order valence-electron chi connectivity index (χ0n) is 14.6. The molecule has 2 aromatic rings. The van der Waals surface area contributed by atoms with Crippen molar-refractivity contribution in [3.05, 3.63) is 41.5 Å². The van der Waals surface area contributed by atoms with Crippen molar-refractivity contribution in [2.45, 2.75) is 45.0 Å². The molecule has 0 aliphatic carbocycles. The fourth-order valence-electron chi connectivity index (χ4n) is 3.84. The van der Waals surface area contributed by atoms with Crippen LogP contribution in [0.4, 0.5) is 8.78 Å². The van der Waals surface area contributed by atoms with Gasteiger partial charge in [0.15, 0.2) is 0 Å². The summed E-state index contributed by atoms with van der Waals surface area (Å²) >= 11 is 0. The minimum Gasteiger partial charge on any atom is -0.435 e. The molecule has 6 nitrogen and oxygen atoms in total. The molecule has 0 bridgehead atoms. The molecule has 26 heavy (non-hydrogen) atoms. The van der Waals surface area contributed by atoms with Crippen molar-refractivity contribution in [1.29, 1.82) is 0 Å². The summed E-state index contributed by atoms with van der Waals surface area (Å²) in [5.41, 5.74) is 0.993. The summed E-state index contributed by atoms with van der Waals surface area (Å²) in [7, 11) is 0. The Morgan fingerprint density at radius 3 is 2.85 bits per heavy atom. The molecule has 1 aromatic carbocycles. The summed E-state index contributed by atoms with van der Waals surface area (Å²) in [6, 6.07) is 6.97. The summed E-state index contributed by atoms with van der Waals surface area (Å²) in [5, 5.41) is 12.1. The number of hydrogen-bond donors (Lipinski definition) is 1. The minimum atomic E-state index is -2.79. The number of rotatable bonds is 5. The second-order valence-corrected chi connectivity index (χ2v) is 6.88. The molecule has 8 heteroatoms. The molecule has 0 radical (unpaired) electrons. The molecule has 4 rings (SSSR count). The van der Waals surface area contributed by atoms with Crippen LogP contribution in [0, 0.1) is 0 Å². The Bertz CT molecular complexity index is 743. The fourth-order valence-corrected chi connectivity index (χ4v) is 3.84. The Labute approximate surface area is 151 Å². The Hall–Kier alpha value is -2.06. The maximum atomic E-state index is 12.4. The SMILES string of the molecule is FC(F)Oc1cccc(CN2CCC(c3nnc4n3CCNC4)CC2)c1. The number of hydrogen-bond acceptors (Lipinski definition) is 5. The number of ether oxygens (including phenoxy) is 1. The Balaban J connectivity index is 1.35. The van der Waals surface area contributed by atoms with Crippen LogP contribution < -0.4 is 10.1 Å². The predicted octanol–water partition coefficient (Wildman–Crippen LogP) is 2.36. The maximum absolute atomic E-state index is 12.4. The molecule has 0 atom stereocenters. The van der Waals surface area contributed by atoms with E-state index in [1.54, 1.807) is 18.2 Å². The first kappa shape index (κ1) is 17.4. The first-order valence-electron chi connectivity index (χ1n) is 9.08. The van der Waals surface area contributed by atoms with E-state index in [2.05, 4.69) is 29.7 Å². The molecule has 1 N–H and O–H groups in total. The van der Waals surface area contributed by atoms with Crippen molar-refractivity contribution >= 4 is 0 Å². The molecule has 2 aliphatic heterocycles. The van der Waals surface area contributed by atoms with E-state index >= 15 is 0 Å². The summed E-state index contributed by atoms with van der Waals surface area (Å²) in [6.45, 7) is 2.58. The van der Waals surface area contributed by atoms with Gasteiger partial charge in [-0.05, 0) is 43.6 Å². The van der Waals surface area contributed by atoms with Gasteiger partial charge in [0.2, 0.25) is 0 Å². The average Bonchev–Trinajstić information content (AvgIpc) is 3.06. The van der Waals surface area contributed by atoms with Crippen molar-refractivity contribution in [1.82, 2.24) is 25.0 Å². The Morgan fingerprint density at radius 2 is 2.04 bits per heavy atom. The van der Waals surface area contributed by atoms with Gasteiger partial charge < -0.3 is 14.6 Å². The molecule has 0 amide bonds. The number of nitrogens with zero attached hydrogens (tertiary/aromatic N) is 4. The lowest BCUT2D eigenvalue weighted by Gasteiger charge is -2.32. The number of likely N-dealkylation sites (tertiary alicyclic amines) is 1. The van der Waals surface area contributed by atoms with E-state index in [1.165, 1.54) is 0 Å². The standard InChI is InChI=1S/C18H23F2N5O/c19-18(20)26-15-3-1-2-13(10-15)12-24-7-4-14(5-8-24)17-23-22-16-11-21-6-9-25(16)17/h1-3,10,14,18,21H,4-9,11-12H2. The molecule has 0 spiro atoms. The van der Waals surface area contributed by atoms with Crippen molar-refractivity contribution in [3.8, 4) is 5.75 Å². The quantitative estimate of drug-likeness (QED) is 0.884. The van der Waals surface area contributed by atoms with Gasteiger partial charge in [0.1, 0.15) is 17.4 Å². The molecule has 0 unspecified atom stereocenters. The van der Waals surface area contributed by atoms with Gasteiger partial charge in [0.05, 0.1) is 6.54 Å². The van der Waals surface area contributed by atoms with E-state index < -0.39 is 6.61 Å². The number of fused-ring (bicyclic) bond motifs is 1. The molecule has 2 aliphatic rings. The third kappa shape index (κ3) is 3.86. The topological polar surface area (TPSA) is 55.2 Å². The molecular weight excluding hydrogens is 340 g/mol. The normalized spacial score (nSPS) is 18.9. The van der Waals surface area contributed by atoms with Gasteiger partial charge in [-0.3, -0.25) is 4.90 Å². The first-order valence-corrected chi connectivity index (χ1v) is 9.08. The highest BCUT2D eigenvalue weighted by Gasteiger charge is 2.27. The third-order valence-corrected chi connectivity index (χ3v) is 5.13. The van der Waals surface area contributed by atoms with Crippen LogP contribution in [-0.4, -0.2) is 45.9 Å². The molecule has 140 valence electrons. The molecule has 1 aromatic heterocycles. The van der Waals surface area contributed by atoms with Crippen molar-refractivity contribution in [3.63, 3.8) is 0 Å². The number of halogens is 2. The monoisotopic (exact) mass is 363 g/mol. The average molecular weight is 363 g/mol. The van der Waals surface area contributed by atoms with E-state index in [-0.39, 0.29) is 5.75 Å². The molecule has 3 heterocycles. The highest BCUT2D eigenvalue weighted by molar-refractivity contribution is 5.28. The van der Waals surface area contributed by atoms with E-state index in [0.717, 1.165) is 69.3 Å². The van der Waals surface area contributed by atoms with Crippen molar-refractivity contribution < 1.29 is 13.5 Å². The zero-order chi connectivity index (χ0) is 17.9. The number of nitrogens with one attached hydrogen (secondary N) is 1. The summed E-state index contributed by atoms with van der Waals surface area (Å²) < 4.78 is 31.5. The molecule has 0 saturated carbocycles. The molecule has 1 fully saturated rings. The molecule has 1 saturated heterocycles. The lowest BCUT2D eigenvalue weighted by Crippen LogP contribution is -2.34. The zero-order valence-corrected chi connectivity index (χ0v) is 14.6. The summed E-state index contributed by atoms with van der Waals surface area (Å²) in [6.07, 6.45) is 2.08. The highest BCUT2D eigenvalue weighted by Crippen LogP contribution is 2.29. The van der Waals surface area contributed by atoms with Crippen LogP contribution in [0.15, 0.2) is 24.3 Å². The maximum Gasteiger partial charge on any atom is 0.387 e. The van der Waals surface area contributed by atoms with Crippen LogP contribution in [-0.2, 0) is 19.6 Å². The summed E-state index contributed by atoms with van der Waals surface area (Å²) in [4.78, 5) is 2.35. The molecular formula is C18H23F2N5O. The highest BCUT2D eigenvalue weighted by atomic mass is 19.3. The van der Waals surface area contributed by atoms with Crippen LogP contribution in [0.25, 0.3) is 0 Å². The Morgan fingerprint density at radius 1 is 1.19 bits per heavy atom. The van der Waals surface area contributed by atoms with E-state index in [4.69, 9.17) is 0 Å². The largest absolute Gasteiger partial charge is 0.435 e. The van der Waals surface area contributed by atoms with Crippen LogP contribution in [0.1, 0.15) is 36.0 Å². The van der Waals surface area contributed by atoms with Crippen molar-refractivity contribution in [2.24, 2.45) is 0 Å². The van der Waals surface area contributed by atoms with Gasteiger partial charge in [0, 0.05) is 25.6 Å². The van der Waals surface area contributed by atoms with Crippen LogP contribution in [0.2, 0.25) is 0 Å². The number of aromatic nitrogens is 3. The van der Waals surface area contributed by atoms with Gasteiger partial charge in [-0.15, -0.1) is 10.2 Å². The minimum absolute atomic E-state index is 0.219. The first-order chi connectivity index (χ1) is 12.7. The summed E-state index contributed by atoms with van der Waals surface area (Å²) in [5.74, 6) is 2.81. The smallest absolute Gasteiger partial charge is 0.387 e. The fraction of sp³-hybridized carbons (Fsp3) is 0.556. The van der Waals surface area contributed by atoms with E-state index in [0.29, 0.717) is 5.92 Å².